The van der Waals surface area contributed by atoms with Crippen LogP contribution in [0.3, 0.4) is 0 Å². The second kappa shape index (κ2) is 3.87. The molecule has 0 fully saturated rings. The number of hydrogen-bond donors (Lipinski definition) is 1. The molecule has 0 aliphatic carbocycles. The molecule has 17 heavy (non-hydrogen) atoms. The van der Waals surface area contributed by atoms with E-state index in [1.807, 2.05) is 39.0 Å². The molecule has 1 heterocycles. The number of nitrogens with zero attached hydrogens (tertiary/aromatic N) is 1. The first-order valence-corrected chi connectivity index (χ1v) is 5.53. The second-order valence-electron chi connectivity index (χ2n) is 4.88. The van der Waals surface area contributed by atoms with Crippen LogP contribution in [0.4, 0.5) is 0 Å². The maximum absolute atomic E-state index is 11.5. The molecule has 0 radical (unpaired) electrons. The lowest BCUT2D eigenvalue weighted by molar-refractivity contribution is 0.0999. The molecule has 0 atom stereocenters. The molecule has 1 aliphatic heterocycles. The van der Waals surface area contributed by atoms with E-state index in [2.05, 4.69) is 4.99 Å². The van der Waals surface area contributed by atoms with Crippen LogP contribution in [0.15, 0.2) is 23.2 Å². The van der Waals surface area contributed by atoms with E-state index in [1.54, 1.807) is 0 Å². The normalized spacial score (nSPS) is 17.5. The first-order valence-electron chi connectivity index (χ1n) is 5.53. The Bertz CT molecular complexity index is 504. The van der Waals surface area contributed by atoms with Crippen molar-refractivity contribution in [3.8, 4) is 0 Å². The molecule has 0 spiro atoms. The Morgan fingerprint density at radius 1 is 1.47 bits per heavy atom. The number of benzene rings is 1. The van der Waals surface area contributed by atoms with Crippen LogP contribution in [-0.4, -0.2) is 24.0 Å². The summed E-state index contributed by atoms with van der Waals surface area (Å²) in [6.45, 7) is 6.35. The molecule has 0 bridgehead atoms. The molecule has 90 valence electrons. The largest absolute Gasteiger partial charge is 0.475 e. The van der Waals surface area contributed by atoms with Gasteiger partial charge in [0.05, 0.1) is 11.1 Å². The average Bonchev–Trinajstić information content (AvgIpc) is 2.57. The zero-order valence-corrected chi connectivity index (χ0v) is 10.3. The zero-order valence-electron chi connectivity index (χ0n) is 10.3. The number of carbonyl (C=O) groups is 1. The van der Waals surface area contributed by atoms with E-state index in [9.17, 15) is 4.79 Å². The van der Waals surface area contributed by atoms with E-state index >= 15 is 0 Å². The average molecular weight is 232 g/mol. The molecular weight excluding hydrogens is 216 g/mol. The summed E-state index contributed by atoms with van der Waals surface area (Å²) in [7, 11) is 0. The van der Waals surface area contributed by atoms with Gasteiger partial charge < -0.3 is 10.5 Å². The number of nitrogens with two attached hydrogens (primary N) is 1. The number of aliphatic imine (C=N–C) groups is 1. The third kappa shape index (κ3) is 2.16. The fraction of sp³-hybridized carbons (Fsp3) is 0.385. The van der Waals surface area contributed by atoms with Gasteiger partial charge >= 0.3 is 0 Å². The lowest BCUT2D eigenvalue weighted by Crippen LogP contribution is -2.18. The van der Waals surface area contributed by atoms with Crippen LogP contribution < -0.4 is 5.73 Å². The number of hydrogen-bond acceptors (Lipinski definition) is 3. The molecule has 1 aromatic rings. The number of amides is 1. The molecule has 0 unspecified atom stereocenters. The van der Waals surface area contributed by atoms with E-state index < -0.39 is 5.91 Å². The predicted molar refractivity (Wildman–Crippen MR) is 66.3 cm³/mol. The predicted octanol–water partition coefficient (Wildman–Crippen LogP) is 1.65. The van der Waals surface area contributed by atoms with Crippen molar-refractivity contribution in [3.63, 3.8) is 0 Å². The molecular formula is C13H16N2O2. The van der Waals surface area contributed by atoms with Crippen LogP contribution in [0, 0.1) is 6.92 Å². The van der Waals surface area contributed by atoms with Gasteiger partial charge in [-0.15, -0.1) is 0 Å². The third-order valence-electron chi connectivity index (χ3n) is 2.72. The minimum atomic E-state index is -0.450. The summed E-state index contributed by atoms with van der Waals surface area (Å²) in [6, 6.07) is 5.53. The smallest absolute Gasteiger partial charge is 0.249 e. The van der Waals surface area contributed by atoms with Crippen LogP contribution in [0.1, 0.15) is 35.3 Å². The van der Waals surface area contributed by atoms with Gasteiger partial charge in [0, 0.05) is 5.56 Å². The monoisotopic (exact) mass is 232 g/mol. The van der Waals surface area contributed by atoms with Crippen molar-refractivity contribution in [2.75, 3.05) is 6.61 Å². The van der Waals surface area contributed by atoms with Gasteiger partial charge in [0.1, 0.15) is 6.61 Å². The lowest BCUT2D eigenvalue weighted by Gasteiger charge is -2.08. The van der Waals surface area contributed by atoms with Crippen LogP contribution in [-0.2, 0) is 4.74 Å². The highest BCUT2D eigenvalue weighted by atomic mass is 16.5. The molecule has 1 aliphatic rings. The van der Waals surface area contributed by atoms with Gasteiger partial charge in [0.25, 0.3) is 0 Å². The van der Waals surface area contributed by atoms with Crippen LogP contribution in [0.25, 0.3) is 0 Å². The van der Waals surface area contributed by atoms with Crippen molar-refractivity contribution in [1.29, 1.82) is 0 Å². The van der Waals surface area contributed by atoms with Gasteiger partial charge in [0.2, 0.25) is 11.8 Å². The number of aryl methyl sites for hydroxylation is 1. The van der Waals surface area contributed by atoms with Crippen LogP contribution in [0.5, 0.6) is 0 Å². The van der Waals surface area contributed by atoms with Crippen LogP contribution >= 0.6 is 0 Å². The minimum absolute atomic E-state index is 0.242. The van der Waals surface area contributed by atoms with Gasteiger partial charge in [-0.2, -0.15) is 0 Å². The lowest BCUT2D eigenvalue weighted by atomic mass is 10.0. The van der Waals surface area contributed by atoms with Crippen molar-refractivity contribution in [3.05, 3.63) is 34.9 Å². The highest BCUT2D eigenvalue weighted by Crippen LogP contribution is 2.23. The first-order chi connectivity index (χ1) is 7.91. The summed E-state index contributed by atoms with van der Waals surface area (Å²) in [5, 5.41) is 0. The Kier molecular flexibility index (Phi) is 2.65. The van der Waals surface area contributed by atoms with Gasteiger partial charge in [-0.3, -0.25) is 4.79 Å². The molecule has 1 aromatic carbocycles. The SMILES string of the molecule is Cc1cccc(C2=NC(C)(C)CO2)c1C(N)=O. The topological polar surface area (TPSA) is 64.7 Å². The van der Waals surface area contributed by atoms with E-state index in [4.69, 9.17) is 10.5 Å². The van der Waals surface area contributed by atoms with Crippen molar-refractivity contribution in [1.82, 2.24) is 0 Å². The highest BCUT2D eigenvalue weighted by Gasteiger charge is 2.29. The maximum Gasteiger partial charge on any atom is 0.249 e. The molecule has 1 amide bonds. The third-order valence-corrected chi connectivity index (χ3v) is 2.72. The zero-order chi connectivity index (χ0) is 12.6. The van der Waals surface area contributed by atoms with E-state index in [0.29, 0.717) is 23.6 Å². The van der Waals surface area contributed by atoms with Gasteiger partial charge in [-0.1, -0.05) is 12.1 Å². The summed E-state index contributed by atoms with van der Waals surface area (Å²) in [6.07, 6.45) is 0. The standard InChI is InChI=1S/C13H16N2O2/c1-8-5-4-6-9(10(8)11(14)16)12-15-13(2,3)7-17-12/h4-6H,7H2,1-3H3,(H2,14,16). The summed E-state index contributed by atoms with van der Waals surface area (Å²) < 4.78 is 5.54. The number of primary amides is 1. The fourth-order valence-corrected chi connectivity index (χ4v) is 1.90. The molecule has 4 nitrogen and oxygen atoms in total. The first kappa shape index (κ1) is 11.6. The Hall–Kier alpha value is -1.84. The molecule has 0 saturated carbocycles. The quantitative estimate of drug-likeness (QED) is 0.842. The van der Waals surface area contributed by atoms with E-state index in [0.717, 1.165) is 5.56 Å². The summed E-state index contributed by atoms with van der Waals surface area (Å²) in [4.78, 5) is 15.9. The van der Waals surface area contributed by atoms with Crippen LogP contribution in [0.2, 0.25) is 0 Å². The van der Waals surface area contributed by atoms with Gasteiger partial charge in [0.15, 0.2) is 0 Å². The Morgan fingerprint density at radius 3 is 2.71 bits per heavy atom. The molecule has 0 aromatic heterocycles. The maximum atomic E-state index is 11.5. The van der Waals surface area contributed by atoms with E-state index in [-0.39, 0.29) is 5.54 Å². The summed E-state index contributed by atoms with van der Waals surface area (Å²) in [5.41, 5.74) is 7.17. The molecule has 2 rings (SSSR count). The fourth-order valence-electron chi connectivity index (χ4n) is 1.90. The summed E-state index contributed by atoms with van der Waals surface area (Å²) >= 11 is 0. The second-order valence-corrected chi connectivity index (χ2v) is 4.88. The van der Waals surface area contributed by atoms with Crippen molar-refractivity contribution in [2.45, 2.75) is 26.3 Å². The van der Waals surface area contributed by atoms with Gasteiger partial charge in [-0.25, -0.2) is 4.99 Å². The Labute approximate surface area is 100 Å². The van der Waals surface area contributed by atoms with Crippen molar-refractivity contribution in [2.24, 2.45) is 10.7 Å². The minimum Gasteiger partial charge on any atom is -0.475 e. The van der Waals surface area contributed by atoms with Crippen molar-refractivity contribution >= 4 is 11.8 Å². The van der Waals surface area contributed by atoms with Gasteiger partial charge in [-0.05, 0) is 32.4 Å². The number of rotatable bonds is 2. The highest BCUT2D eigenvalue weighted by molar-refractivity contribution is 6.08. The van der Waals surface area contributed by atoms with E-state index in [1.165, 1.54) is 0 Å². The number of ether oxygens (including phenoxy) is 1. The Morgan fingerprint density at radius 2 is 2.18 bits per heavy atom. The Balaban J connectivity index is 2.54. The molecule has 0 saturated heterocycles. The number of carbonyl (C=O) groups excluding carboxylic acids is 1. The summed E-state index contributed by atoms with van der Waals surface area (Å²) in [5.74, 6) is 0.0570. The molecule has 2 N–H and O–H groups in total. The van der Waals surface area contributed by atoms with Crippen molar-refractivity contribution < 1.29 is 9.53 Å². The molecule has 4 heteroatoms.